The van der Waals surface area contributed by atoms with Gasteiger partial charge in [-0.1, -0.05) is 41.9 Å². The van der Waals surface area contributed by atoms with Crippen molar-refractivity contribution in [2.45, 2.75) is 18.1 Å². The molecule has 0 saturated heterocycles. The Labute approximate surface area is 326 Å². The number of amides is 2. The second-order valence-electron chi connectivity index (χ2n) is 10.1. The van der Waals surface area contributed by atoms with Crippen LogP contribution in [0.25, 0.3) is 0 Å². The summed E-state index contributed by atoms with van der Waals surface area (Å²) in [6.07, 6.45) is -0.598. The van der Waals surface area contributed by atoms with Gasteiger partial charge in [0.05, 0.1) is 29.4 Å². The van der Waals surface area contributed by atoms with E-state index in [-0.39, 0.29) is 22.1 Å². The van der Waals surface area contributed by atoms with E-state index in [1.807, 2.05) is 6.07 Å². The lowest BCUT2D eigenvalue weighted by Gasteiger charge is -2.11. The number of aromatic carboxylic acids is 1. The molecular weight excluding hydrogens is 861 g/mol. The molecule has 2 amide bonds. The molecule has 0 fully saturated rings. The van der Waals surface area contributed by atoms with Gasteiger partial charge in [-0.15, -0.1) is 0 Å². The van der Waals surface area contributed by atoms with Crippen molar-refractivity contribution >= 4 is 64.5 Å². The molecule has 58 heavy (non-hydrogen) atoms. The van der Waals surface area contributed by atoms with Gasteiger partial charge in [-0.05, 0) is 30.3 Å². The molecule has 0 atom stereocenters. The average molecular weight is 888 g/mol. The van der Waals surface area contributed by atoms with Gasteiger partial charge in [0.25, 0.3) is 15.7 Å². The van der Waals surface area contributed by atoms with Crippen molar-refractivity contribution in [2.75, 3.05) is 23.9 Å². The maximum Gasteiger partial charge on any atom is 0.388 e. The Morgan fingerprint density at radius 1 is 0.931 bits per heavy atom. The SMILES string of the molecule is Nc1c([N+](=O)[O-])ccc(Oc2ccccc2)c1Cl.O=C(Nc1nc(OC(F)F)cc(OC(F)F)n1)NS(=O)(=O)c1ccccc1C(=O)O.O=C(O)CNCP(=O)(O)O. The molecule has 1 heterocycles. The third-order valence-corrected chi connectivity index (χ3v) is 8.26. The highest BCUT2D eigenvalue weighted by Crippen LogP contribution is 2.39. The van der Waals surface area contributed by atoms with Crippen molar-refractivity contribution < 1.29 is 84.1 Å². The van der Waals surface area contributed by atoms with Gasteiger partial charge >= 0.3 is 38.8 Å². The smallest absolute Gasteiger partial charge is 0.388 e. The van der Waals surface area contributed by atoms with Crippen LogP contribution in [0.2, 0.25) is 5.02 Å². The molecule has 0 spiro atoms. The van der Waals surface area contributed by atoms with Crippen LogP contribution in [0.3, 0.4) is 0 Å². The van der Waals surface area contributed by atoms with Gasteiger partial charge in [-0.2, -0.15) is 27.5 Å². The minimum Gasteiger partial charge on any atom is -0.480 e. The second-order valence-corrected chi connectivity index (χ2v) is 13.8. The van der Waals surface area contributed by atoms with Gasteiger partial charge in [0.1, 0.15) is 27.1 Å². The Morgan fingerprint density at radius 3 is 1.98 bits per heavy atom. The number of carboxylic acid groups (broad SMARTS) is 2. The number of nitro groups is 1. The molecule has 0 aliphatic heterocycles. The van der Waals surface area contributed by atoms with E-state index < -0.39 is 94.7 Å². The number of benzene rings is 3. The van der Waals surface area contributed by atoms with E-state index in [0.717, 1.165) is 12.1 Å². The van der Waals surface area contributed by atoms with Crippen molar-refractivity contribution in [3.05, 3.63) is 93.5 Å². The van der Waals surface area contributed by atoms with Crippen molar-refractivity contribution in [1.29, 1.82) is 0 Å². The summed E-state index contributed by atoms with van der Waals surface area (Å²) < 4.78 is 98.6. The first-order chi connectivity index (χ1) is 27.0. The van der Waals surface area contributed by atoms with Crippen molar-refractivity contribution in [1.82, 2.24) is 20.0 Å². The van der Waals surface area contributed by atoms with E-state index in [2.05, 4.69) is 24.8 Å². The summed E-state index contributed by atoms with van der Waals surface area (Å²) in [6.45, 7) is -7.26. The molecule has 3 aromatic carbocycles. The number of aromatic nitrogens is 2. The topological polar surface area (TPSA) is 342 Å². The number of nitrogen functional groups attached to an aromatic ring is 1. The number of rotatable bonds is 15. The predicted octanol–water partition coefficient (Wildman–Crippen LogP) is 4.31. The minimum atomic E-state index is -4.71. The number of sulfonamides is 1. The first-order valence-corrected chi connectivity index (χ1v) is 18.5. The molecule has 22 nitrogen and oxygen atoms in total. The molecule has 4 aromatic rings. The van der Waals surface area contributed by atoms with Crippen LogP contribution in [0.4, 0.5) is 39.7 Å². The number of urea groups is 1. The molecule has 29 heteroatoms. The number of carbonyl (C=O) groups excluding carboxylic acids is 1. The summed E-state index contributed by atoms with van der Waals surface area (Å²) in [5.74, 6) is -4.74. The Kier molecular flexibility index (Phi) is 18.0. The lowest BCUT2D eigenvalue weighted by atomic mass is 10.2. The zero-order valence-electron chi connectivity index (χ0n) is 28.4. The fourth-order valence-electron chi connectivity index (χ4n) is 3.67. The van der Waals surface area contributed by atoms with Crippen LogP contribution in [0, 0.1) is 10.1 Å². The van der Waals surface area contributed by atoms with Crippen LogP contribution in [-0.2, 0) is 19.4 Å². The number of para-hydroxylation sites is 1. The van der Waals surface area contributed by atoms with E-state index >= 15 is 0 Å². The third kappa shape index (κ3) is 16.8. The normalized spacial score (nSPS) is 10.9. The lowest BCUT2D eigenvalue weighted by Crippen LogP contribution is -2.35. The maximum atomic E-state index is 12.3. The van der Waals surface area contributed by atoms with Crippen LogP contribution in [0.5, 0.6) is 23.3 Å². The summed E-state index contributed by atoms with van der Waals surface area (Å²) in [5.41, 5.74) is 4.60. The number of nitrogens with zero attached hydrogens (tertiary/aromatic N) is 3. The number of ether oxygens (including phenoxy) is 3. The van der Waals surface area contributed by atoms with E-state index in [1.165, 1.54) is 29.0 Å². The standard InChI is InChI=1S/C14H10F4N4O7S.C12H9ClN2O3.C3H8NO5P/c15-11(16)28-8-5-9(29-12(17)18)20-13(19-8)21-14(25)22-30(26,27)7-4-2-1-3-6(7)10(23)24;13-11-10(18-8-4-2-1-3-5-8)7-6-9(12(11)14)15(16)17;5-3(6)1-4-2-10(7,8)9/h1-5,11-12H,(H,23,24)(H2,19,20,21,22,25);1-7H,14H2;4H,1-2H2,(H,5,6)(H2,7,8,9). The van der Waals surface area contributed by atoms with E-state index in [4.69, 9.17) is 42.1 Å². The molecule has 314 valence electrons. The van der Waals surface area contributed by atoms with Crippen molar-refractivity contribution in [2.24, 2.45) is 0 Å². The third-order valence-electron chi connectivity index (χ3n) is 5.84. The molecular formula is C29H27ClF4N7O15PS. The van der Waals surface area contributed by atoms with Gasteiger partial charge in [-0.3, -0.25) is 30.1 Å². The predicted molar refractivity (Wildman–Crippen MR) is 190 cm³/mol. The Hall–Kier alpha value is -6.38. The van der Waals surface area contributed by atoms with Crippen LogP contribution in [0.15, 0.2) is 77.7 Å². The molecule has 0 bridgehead atoms. The van der Waals surface area contributed by atoms with Gasteiger partial charge < -0.3 is 39.9 Å². The summed E-state index contributed by atoms with van der Waals surface area (Å²) in [4.78, 5) is 65.1. The summed E-state index contributed by atoms with van der Waals surface area (Å²) >= 11 is 5.94. The summed E-state index contributed by atoms with van der Waals surface area (Å²) in [5, 5.41) is 31.5. The zero-order valence-corrected chi connectivity index (χ0v) is 30.9. The number of nitro benzene ring substituents is 1. The largest absolute Gasteiger partial charge is 0.480 e. The summed E-state index contributed by atoms with van der Waals surface area (Å²) in [6, 6.07) is 14.8. The van der Waals surface area contributed by atoms with Gasteiger partial charge in [0, 0.05) is 6.07 Å². The highest BCUT2D eigenvalue weighted by Gasteiger charge is 2.25. The molecule has 0 aliphatic rings. The molecule has 9 N–H and O–H groups in total. The monoisotopic (exact) mass is 887 g/mol. The quantitative estimate of drug-likeness (QED) is 0.0271. The Balaban J connectivity index is 0.000000348. The van der Waals surface area contributed by atoms with Crippen LogP contribution in [0.1, 0.15) is 10.4 Å². The lowest BCUT2D eigenvalue weighted by molar-refractivity contribution is -0.383. The van der Waals surface area contributed by atoms with Gasteiger partial charge in [0.2, 0.25) is 17.7 Å². The first-order valence-electron chi connectivity index (χ1n) is 14.9. The molecule has 0 saturated carbocycles. The fourth-order valence-corrected chi connectivity index (χ4v) is 5.38. The number of carbonyl (C=O) groups is 3. The zero-order chi connectivity index (χ0) is 43.8. The number of hydrogen-bond donors (Lipinski definition) is 8. The van der Waals surface area contributed by atoms with Crippen LogP contribution in [-0.4, -0.2) is 87.3 Å². The van der Waals surface area contributed by atoms with Crippen molar-refractivity contribution in [3.8, 4) is 23.3 Å². The minimum absolute atomic E-state index is 0.0352. The van der Waals surface area contributed by atoms with Crippen LogP contribution < -0.4 is 35.3 Å². The fraction of sp³-hybridized carbons (Fsp3) is 0.138. The van der Waals surface area contributed by atoms with Crippen molar-refractivity contribution in [3.63, 3.8) is 0 Å². The number of nitrogens with one attached hydrogen (secondary N) is 3. The number of anilines is 2. The highest BCUT2D eigenvalue weighted by atomic mass is 35.5. The van der Waals surface area contributed by atoms with Gasteiger partial charge in [-0.25, -0.2) is 22.7 Å². The van der Waals surface area contributed by atoms with Crippen LogP contribution >= 0.6 is 19.2 Å². The molecule has 1 aromatic heterocycles. The molecule has 0 unspecified atom stereocenters. The number of halogens is 5. The van der Waals surface area contributed by atoms with E-state index in [1.54, 1.807) is 29.6 Å². The summed E-state index contributed by atoms with van der Waals surface area (Å²) in [7, 11) is -8.81. The average Bonchev–Trinajstić information content (AvgIpc) is 3.09. The number of alkyl halides is 4. The van der Waals surface area contributed by atoms with E-state index in [0.29, 0.717) is 11.8 Å². The maximum absolute atomic E-state index is 12.3. The number of carboxylic acids is 2. The molecule has 4 rings (SSSR count). The molecule has 0 radical (unpaired) electrons. The first kappa shape index (κ1) is 47.8. The Bertz CT molecular complexity index is 2220. The molecule has 0 aliphatic carbocycles. The number of nitrogens with two attached hydrogens (primary N) is 1. The number of hydrogen-bond acceptors (Lipinski definition) is 15. The van der Waals surface area contributed by atoms with Gasteiger partial charge in [0.15, 0.2) is 0 Å². The highest BCUT2D eigenvalue weighted by molar-refractivity contribution is 7.90. The number of aliphatic carboxylic acids is 1. The van der Waals surface area contributed by atoms with E-state index in [9.17, 15) is 55.0 Å². The second kappa shape index (κ2) is 21.8. The Morgan fingerprint density at radius 2 is 1.48 bits per heavy atom.